The minimum atomic E-state index is -0.520. The molecule has 114 valence electrons. The zero-order valence-corrected chi connectivity index (χ0v) is 12.6. The summed E-state index contributed by atoms with van der Waals surface area (Å²) in [6.45, 7) is 0.866. The van der Waals surface area contributed by atoms with Crippen molar-refractivity contribution in [2.75, 3.05) is 20.6 Å². The second-order valence-corrected chi connectivity index (χ2v) is 6.13. The average molecular weight is 290 g/mol. The maximum Gasteiger partial charge on any atom is 0.274 e. The van der Waals surface area contributed by atoms with Crippen LogP contribution in [-0.4, -0.2) is 42.9 Å². The van der Waals surface area contributed by atoms with Crippen LogP contribution in [0.25, 0.3) is 0 Å². The van der Waals surface area contributed by atoms with E-state index in [1.807, 2.05) is 20.2 Å². The van der Waals surface area contributed by atoms with Crippen molar-refractivity contribution in [3.63, 3.8) is 0 Å². The fourth-order valence-corrected chi connectivity index (χ4v) is 2.91. The first kappa shape index (κ1) is 15.7. The number of nitrogens with one attached hydrogen (secondary N) is 1. The van der Waals surface area contributed by atoms with Crippen LogP contribution in [-0.2, 0) is 17.6 Å². The first-order chi connectivity index (χ1) is 9.99. The van der Waals surface area contributed by atoms with E-state index in [0.717, 1.165) is 37.7 Å². The SMILES string of the molecule is CN(C)CC[C@@]1(C=O)CCc2ccc(C(=O)NO)cc2C1. The molecule has 21 heavy (non-hydrogen) atoms. The van der Waals surface area contributed by atoms with Crippen molar-refractivity contribution in [2.24, 2.45) is 5.41 Å². The number of rotatable bonds is 5. The highest BCUT2D eigenvalue weighted by atomic mass is 16.5. The van der Waals surface area contributed by atoms with E-state index in [0.29, 0.717) is 12.0 Å². The highest BCUT2D eigenvalue weighted by molar-refractivity contribution is 5.93. The summed E-state index contributed by atoms with van der Waals surface area (Å²) in [5.41, 5.74) is 3.95. The molecular weight excluding hydrogens is 268 g/mol. The lowest BCUT2D eigenvalue weighted by Crippen LogP contribution is -2.34. The molecule has 2 N–H and O–H groups in total. The third-order valence-corrected chi connectivity index (χ3v) is 4.31. The maximum absolute atomic E-state index is 11.6. The lowest BCUT2D eigenvalue weighted by Gasteiger charge is -2.34. The molecule has 1 amide bonds. The predicted octanol–water partition coefficient (Wildman–Crippen LogP) is 1.43. The van der Waals surface area contributed by atoms with E-state index in [2.05, 4.69) is 4.90 Å². The molecule has 0 bridgehead atoms. The summed E-state index contributed by atoms with van der Waals surface area (Å²) in [7, 11) is 4.00. The molecule has 0 aliphatic heterocycles. The number of aryl methyl sites for hydroxylation is 1. The van der Waals surface area contributed by atoms with Crippen molar-refractivity contribution in [3.8, 4) is 0 Å². The lowest BCUT2D eigenvalue weighted by molar-refractivity contribution is -0.117. The molecule has 2 rings (SSSR count). The van der Waals surface area contributed by atoms with E-state index in [9.17, 15) is 9.59 Å². The van der Waals surface area contributed by atoms with E-state index in [1.54, 1.807) is 17.6 Å². The molecule has 0 heterocycles. The number of hydroxylamine groups is 1. The van der Waals surface area contributed by atoms with Crippen LogP contribution < -0.4 is 5.48 Å². The number of aldehydes is 1. The number of benzene rings is 1. The second kappa shape index (κ2) is 6.37. The number of hydrogen-bond acceptors (Lipinski definition) is 4. The van der Waals surface area contributed by atoms with Crippen molar-refractivity contribution in [2.45, 2.75) is 25.7 Å². The first-order valence-corrected chi connectivity index (χ1v) is 7.17. The predicted molar refractivity (Wildman–Crippen MR) is 79.4 cm³/mol. The Morgan fingerprint density at radius 3 is 2.81 bits per heavy atom. The fourth-order valence-electron chi connectivity index (χ4n) is 2.91. The van der Waals surface area contributed by atoms with Crippen LogP contribution >= 0.6 is 0 Å². The van der Waals surface area contributed by atoms with Crippen LogP contribution in [0.1, 0.15) is 34.3 Å². The van der Waals surface area contributed by atoms with E-state index in [4.69, 9.17) is 5.21 Å². The molecule has 0 saturated heterocycles. The summed E-state index contributed by atoms with van der Waals surface area (Å²) in [4.78, 5) is 25.2. The van der Waals surface area contributed by atoms with Crippen LogP contribution in [0.3, 0.4) is 0 Å². The van der Waals surface area contributed by atoms with Crippen molar-refractivity contribution >= 4 is 12.2 Å². The zero-order chi connectivity index (χ0) is 15.5. The fraction of sp³-hybridized carbons (Fsp3) is 0.500. The van der Waals surface area contributed by atoms with Gasteiger partial charge in [0.25, 0.3) is 5.91 Å². The van der Waals surface area contributed by atoms with Crippen LogP contribution in [0.2, 0.25) is 0 Å². The Morgan fingerprint density at radius 2 is 2.19 bits per heavy atom. The molecule has 1 aliphatic rings. The minimum Gasteiger partial charge on any atom is -0.309 e. The summed E-state index contributed by atoms with van der Waals surface area (Å²) >= 11 is 0. The summed E-state index contributed by atoms with van der Waals surface area (Å²) in [6.07, 6.45) is 4.26. The summed E-state index contributed by atoms with van der Waals surface area (Å²) in [5, 5.41) is 8.73. The van der Waals surface area contributed by atoms with Gasteiger partial charge >= 0.3 is 0 Å². The summed E-state index contributed by atoms with van der Waals surface area (Å²) < 4.78 is 0. The number of hydrogen-bond donors (Lipinski definition) is 2. The van der Waals surface area contributed by atoms with Gasteiger partial charge in [-0.15, -0.1) is 0 Å². The van der Waals surface area contributed by atoms with Gasteiger partial charge in [0, 0.05) is 11.0 Å². The minimum absolute atomic E-state index is 0.342. The van der Waals surface area contributed by atoms with Crippen molar-refractivity contribution < 1.29 is 14.8 Å². The van der Waals surface area contributed by atoms with Gasteiger partial charge in [0.05, 0.1) is 0 Å². The number of carbonyl (C=O) groups excluding carboxylic acids is 2. The molecule has 1 atom stereocenters. The standard InChI is InChI=1S/C16H22N2O3/c1-18(2)8-7-16(11-19)6-5-12-3-4-13(15(20)17-21)9-14(12)10-16/h3-4,9,11,21H,5-8,10H2,1-2H3,(H,17,20)/t16-/m0/s1. The zero-order valence-electron chi connectivity index (χ0n) is 12.6. The average Bonchev–Trinajstić information content (AvgIpc) is 2.51. The third kappa shape index (κ3) is 3.49. The quantitative estimate of drug-likeness (QED) is 0.489. The largest absolute Gasteiger partial charge is 0.309 e. The third-order valence-electron chi connectivity index (χ3n) is 4.31. The summed E-state index contributed by atoms with van der Waals surface area (Å²) in [5.74, 6) is -0.520. The molecule has 0 fully saturated rings. The highest BCUT2D eigenvalue weighted by Gasteiger charge is 2.34. The van der Waals surface area contributed by atoms with Gasteiger partial charge in [-0.25, -0.2) is 5.48 Å². The number of nitrogens with zero attached hydrogens (tertiary/aromatic N) is 1. The molecule has 0 aromatic heterocycles. The number of fused-ring (bicyclic) bond motifs is 1. The second-order valence-electron chi connectivity index (χ2n) is 6.13. The van der Waals surface area contributed by atoms with Crippen LogP contribution in [0, 0.1) is 5.41 Å². The molecule has 0 saturated carbocycles. The topological polar surface area (TPSA) is 69.6 Å². The molecule has 5 heteroatoms. The van der Waals surface area contributed by atoms with Crippen LogP contribution in [0.4, 0.5) is 0 Å². The van der Waals surface area contributed by atoms with Crippen molar-refractivity contribution in [1.29, 1.82) is 0 Å². The van der Waals surface area contributed by atoms with Gasteiger partial charge < -0.3 is 9.69 Å². The highest BCUT2D eigenvalue weighted by Crippen LogP contribution is 2.37. The first-order valence-electron chi connectivity index (χ1n) is 7.17. The van der Waals surface area contributed by atoms with Crippen molar-refractivity contribution in [3.05, 3.63) is 34.9 Å². The molecule has 0 spiro atoms. The summed E-state index contributed by atoms with van der Waals surface area (Å²) in [6, 6.07) is 5.41. The Labute approximate surface area is 124 Å². The monoisotopic (exact) mass is 290 g/mol. The Morgan fingerprint density at radius 1 is 1.43 bits per heavy atom. The normalized spacial score (nSPS) is 21.0. The van der Waals surface area contributed by atoms with Crippen molar-refractivity contribution in [1.82, 2.24) is 10.4 Å². The Bertz CT molecular complexity index is 542. The molecule has 1 aromatic rings. The Hall–Kier alpha value is -1.72. The van der Waals surface area contributed by atoms with Gasteiger partial charge in [0.1, 0.15) is 6.29 Å². The molecular formula is C16H22N2O3. The van der Waals surface area contributed by atoms with E-state index >= 15 is 0 Å². The van der Waals surface area contributed by atoms with Gasteiger partial charge in [0.15, 0.2) is 0 Å². The van der Waals surface area contributed by atoms with Gasteiger partial charge in [-0.3, -0.25) is 10.0 Å². The molecule has 1 aromatic carbocycles. The van der Waals surface area contributed by atoms with E-state index in [1.165, 1.54) is 5.56 Å². The smallest absolute Gasteiger partial charge is 0.274 e. The molecule has 5 nitrogen and oxygen atoms in total. The van der Waals surface area contributed by atoms with E-state index < -0.39 is 5.91 Å². The Kier molecular flexibility index (Phi) is 4.75. The van der Waals surface area contributed by atoms with Gasteiger partial charge in [-0.2, -0.15) is 0 Å². The maximum atomic E-state index is 11.6. The Balaban J connectivity index is 2.24. The van der Waals surface area contributed by atoms with Crippen LogP contribution in [0.15, 0.2) is 18.2 Å². The molecule has 0 unspecified atom stereocenters. The number of carbonyl (C=O) groups is 2. The number of amides is 1. The molecule has 1 aliphatic carbocycles. The van der Waals surface area contributed by atoms with E-state index in [-0.39, 0.29) is 5.41 Å². The molecule has 0 radical (unpaired) electrons. The van der Waals surface area contributed by atoms with Crippen LogP contribution in [0.5, 0.6) is 0 Å². The van der Waals surface area contributed by atoms with Gasteiger partial charge in [-0.05, 0) is 69.6 Å². The van der Waals surface area contributed by atoms with Gasteiger partial charge in [0.2, 0.25) is 0 Å². The van der Waals surface area contributed by atoms with Gasteiger partial charge in [-0.1, -0.05) is 6.07 Å². The lowest BCUT2D eigenvalue weighted by atomic mass is 9.70.